The Bertz CT molecular complexity index is 470. The first kappa shape index (κ1) is 16.5. The maximum absolute atomic E-state index is 6.15. The van der Waals surface area contributed by atoms with E-state index in [0.717, 1.165) is 24.9 Å². The van der Waals surface area contributed by atoms with Crippen molar-refractivity contribution in [2.75, 3.05) is 19.6 Å². The quantitative estimate of drug-likeness (QED) is 0.928. The van der Waals surface area contributed by atoms with Gasteiger partial charge in [-0.1, -0.05) is 34.6 Å². The molecule has 0 amide bonds. The minimum atomic E-state index is 0.0567. The number of aromatic nitrogens is 2. The number of aryl methyl sites for hydroxylation is 1. The molecule has 0 spiro atoms. The highest BCUT2D eigenvalue weighted by atomic mass is 15.3. The van der Waals surface area contributed by atoms with Crippen LogP contribution in [0.4, 0.5) is 0 Å². The van der Waals surface area contributed by atoms with Gasteiger partial charge < -0.3 is 5.73 Å². The molecule has 2 unspecified atom stereocenters. The van der Waals surface area contributed by atoms with Crippen LogP contribution in [0.1, 0.15) is 58.3 Å². The maximum Gasteiger partial charge on any atom is 0.0726 e. The van der Waals surface area contributed by atoms with E-state index in [0.29, 0.717) is 12.6 Å². The van der Waals surface area contributed by atoms with Crippen LogP contribution in [0.5, 0.6) is 0 Å². The Balaban J connectivity index is 2.27. The lowest BCUT2D eigenvalue weighted by molar-refractivity contribution is 0.229. The normalized spacial score (nSPS) is 22.2. The molecule has 1 aromatic rings. The third-order valence-corrected chi connectivity index (χ3v) is 4.79. The maximum atomic E-state index is 6.15. The summed E-state index contributed by atoms with van der Waals surface area (Å²) in [6, 6.07) is 0.302. The van der Waals surface area contributed by atoms with Gasteiger partial charge in [0.2, 0.25) is 0 Å². The lowest BCUT2D eigenvalue weighted by Gasteiger charge is -2.29. The van der Waals surface area contributed by atoms with Crippen LogP contribution in [0.3, 0.4) is 0 Å². The third-order valence-electron chi connectivity index (χ3n) is 4.79. The molecule has 0 saturated carbocycles. The van der Waals surface area contributed by atoms with Crippen LogP contribution in [0.15, 0.2) is 6.20 Å². The van der Waals surface area contributed by atoms with E-state index in [-0.39, 0.29) is 5.41 Å². The third kappa shape index (κ3) is 3.49. The molecule has 2 heterocycles. The average Bonchev–Trinajstić information content (AvgIpc) is 2.97. The molecule has 4 nitrogen and oxygen atoms in total. The van der Waals surface area contributed by atoms with E-state index in [9.17, 15) is 0 Å². The molecule has 0 radical (unpaired) electrons. The van der Waals surface area contributed by atoms with Gasteiger partial charge in [0.15, 0.2) is 0 Å². The van der Waals surface area contributed by atoms with Crippen molar-refractivity contribution in [3.05, 3.63) is 17.5 Å². The highest BCUT2D eigenvalue weighted by Crippen LogP contribution is 2.35. The summed E-state index contributed by atoms with van der Waals surface area (Å²) >= 11 is 0. The first-order chi connectivity index (χ1) is 9.74. The Morgan fingerprint density at radius 1 is 1.38 bits per heavy atom. The number of nitrogens with two attached hydrogens (primary N) is 1. The predicted octanol–water partition coefficient (Wildman–Crippen LogP) is 2.70. The van der Waals surface area contributed by atoms with Crippen molar-refractivity contribution in [2.45, 2.75) is 52.5 Å². The van der Waals surface area contributed by atoms with Crippen LogP contribution in [-0.2, 0) is 12.5 Å². The second-order valence-electron chi connectivity index (χ2n) is 7.90. The van der Waals surface area contributed by atoms with Crippen LogP contribution in [0, 0.1) is 11.8 Å². The zero-order valence-corrected chi connectivity index (χ0v) is 14.6. The summed E-state index contributed by atoms with van der Waals surface area (Å²) < 4.78 is 1.94. The van der Waals surface area contributed by atoms with Crippen LogP contribution in [-0.4, -0.2) is 34.3 Å². The van der Waals surface area contributed by atoms with E-state index in [1.807, 2.05) is 11.7 Å². The van der Waals surface area contributed by atoms with Crippen molar-refractivity contribution in [1.82, 2.24) is 14.7 Å². The lowest BCUT2D eigenvalue weighted by atomic mass is 9.87. The Morgan fingerprint density at radius 2 is 2.05 bits per heavy atom. The van der Waals surface area contributed by atoms with Crippen LogP contribution in [0.25, 0.3) is 0 Å². The van der Waals surface area contributed by atoms with Crippen molar-refractivity contribution in [3.8, 4) is 0 Å². The van der Waals surface area contributed by atoms with Gasteiger partial charge >= 0.3 is 0 Å². The number of hydrogen-bond acceptors (Lipinski definition) is 3. The minimum absolute atomic E-state index is 0.0567. The molecule has 120 valence electrons. The summed E-state index contributed by atoms with van der Waals surface area (Å²) in [5.74, 6) is 1.55. The number of rotatable bonds is 4. The summed E-state index contributed by atoms with van der Waals surface area (Å²) in [6.07, 6.45) is 3.46. The Hall–Kier alpha value is -0.870. The molecule has 2 atom stereocenters. The monoisotopic (exact) mass is 292 g/mol. The molecule has 1 aliphatic heterocycles. The van der Waals surface area contributed by atoms with Gasteiger partial charge in [-0.3, -0.25) is 9.58 Å². The average molecular weight is 292 g/mol. The van der Waals surface area contributed by atoms with E-state index in [1.165, 1.54) is 17.7 Å². The Labute approximate surface area is 129 Å². The van der Waals surface area contributed by atoms with Crippen LogP contribution < -0.4 is 5.73 Å². The second-order valence-corrected chi connectivity index (χ2v) is 7.90. The van der Waals surface area contributed by atoms with Gasteiger partial charge in [0.05, 0.1) is 11.7 Å². The Morgan fingerprint density at radius 3 is 2.52 bits per heavy atom. The summed E-state index contributed by atoms with van der Waals surface area (Å²) in [6.45, 7) is 14.3. The molecule has 2 rings (SSSR count). The molecule has 1 saturated heterocycles. The van der Waals surface area contributed by atoms with Gasteiger partial charge in [-0.05, 0) is 24.8 Å². The fraction of sp³-hybridized carbons (Fsp3) is 0.824. The van der Waals surface area contributed by atoms with Gasteiger partial charge in [0.1, 0.15) is 0 Å². The van der Waals surface area contributed by atoms with Gasteiger partial charge in [-0.15, -0.1) is 0 Å². The van der Waals surface area contributed by atoms with E-state index in [2.05, 4.69) is 45.7 Å². The first-order valence-corrected chi connectivity index (χ1v) is 8.22. The molecule has 2 N–H and O–H groups in total. The standard InChI is InChI=1S/C17H32N4/c1-12(2)13-7-8-21(10-13)15(9-18)14-11-20(6)19-16(14)17(3,4)5/h11-13,15H,7-10,18H2,1-6H3. The van der Waals surface area contributed by atoms with Crippen molar-refractivity contribution in [3.63, 3.8) is 0 Å². The van der Waals surface area contributed by atoms with Crippen molar-refractivity contribution >= 4 is 0 Å². The van der Waals surface area contributed by atoms with Gasteiger partial charge in [-0.25, -0.2) is 0 Å². The fourth-order valence-electron chi connectivity index (χ4n) is 3.45. The van der Waals surface area contributed by atoms with Crippen molar-refractivity contribution < 1.29 is 0 Å². The van der Waals surface area contributed by atoms with Crippen molar-refractivity contribution in [2.24, 2.45) is 24.6 Å². The van der Waals surface area contributed by atoms with Gasteiger partial charge in [-0.2, -0.15) is 5.10 Å². The highest BCUT2D eigenvalue weighted by molar-refractivity contribution is 5.28. The fourth-order valence-corrected chi connectivity index (χ4v) is 3.45. The number of hydrogen-bond donors (Lipinski definition) is 1. The summed E-state index contributed by atoms with van der Waals surface area (Å²) in [5.41, 5.74) is 8.71. The molecule has 21 heavy (non-hydrogen) atoms. The van der Waals surface area contributed by atoms with Gasteiger partial charge in [0.25, 0.3) is 0 Å². The SMILES string of the molecule is CC(C)C1CCN(C(CN)c2cn(C)nc2C(C)(C)C)C1. The van der Waals surface area contributed by atoms with Crippen LogP contribution in [0.2, 0.25) is 0 Å². The van der Waals surface area contributed by atoms with Crippen LogP contribution >= 0.6 is 0 Å². The largest absolute Gasteiger partial charge is 0.329 e. The molecular formula is C17H32N4. The van der Waals surface area contributed by atoms with E-state index in [4.69, 9.17) is 10.8 Å². The second kappa shape index (κ2) is 6.09. The Kier molecular flexibility index (Phi) is 4.79. The van der Waals surface area contributed by atoms with Gasteiger partial charge in [0, 0.05) is 37.3 Å². The predicted molar refractivity (Wildman–Crippen MR) is 88.2 cm³/mol. The van der Waals surface area contributed by atoms with E-state index >= 15 is 0 Å². The highest BCUT2D eigenvalue weighted by Gasteiger charge is 2.33. The molecule has 1 fully saturated rings. The molecule has 0 aromatic carbocycles. The lowest BCUT2D eigenvalue weighted by Crippen LogP contribution is -2.34. The number of likely N-dealkylation sites (tertiary alicyclic amines) is 1. The molecular weight excluding hydrogens is 260 g/mol. The molecule has 1 aromatic heterocycles. The minimum Gasteiger partial charge on any atom is -0.329 e. The molecule has 1 aliphatic rings. The summed E-state index contributed by atoms with van der Waals surface area (Å²) in [4.78, 5) is 2.57. The smallest absolute Gasteiger partial charge is 0.0726 e. The van der Waals surface area contributed by atoms with E-state index < -0.39 is 0 Å². The first-order valence-electron chi connectivity index (χ1n) is 8.22. The molecule has 0 bridgehead atoms. The van der Waals surface area contributed by atoms with E-state index in [1.54, 1.807) is 0 Å². The summed E-state index contributed by atoms with van der Waals surface area (Å²) in [5, 5.41) is 4.71. The number of nitrogens with zero attached hydrogens (tertiary/aromatic N) is 3. The zero-order chi connectivity index (χ0) is 15.8. The van der Waals surface area contributed by atoms with Crippen molar-refractivity contribution in [1.29, 1.82) is 0 Å². The molecule has 4 heteroatoms. The molecule has 0 aliphatic carbocycles. The topological polar surface area (TPSA) is 47.1 Å². The summed E-state index contributed by atoms with van der Waals surface area (Å²) in [7, 11) is 2.01. The zero-order valence-electron chi connectivity index (χ0n) is 14.6.